The van der Waals surface area contributed by atoms with Gasteiger partial charge in [-0.1, -0.05) is 0 Å². The minimum absolute atomic E-state index is 0. The van der Waals surface area contributed by atoms with Gasteiger partial charge in [-0.3, -0.25) is 4.90 Å². The van der Waals surface area contributed by atoms with Crippen molar-refractivity contribution in [2.45, 2.75) is 31.0 Å². The fourth-order valence-corrected chi connectivity index (χ4v) is 3.42. The zero-order valence-corrected chi connectivity index (χ0v) is 12.2. The number of amides is 2. The first-order valence-corrected chi connectivity index (χ1v) is 6.23. The molecule has 3 aliphatic rings. The van der Waals surface area contributed by atoms with E-state index in [1.54, 1.807) is 0 Å². The van der Waals surface area contributed by atoms with Crippen LogP contribution in [-0.2, 0) is 18.9 Å². The number of urea groups is 1. The second-order valence-electron chi connectivity index (χ2n) is 4.12. The van der Waals surface area contributed by atoms with Gasteiger partial charge in [0, 0.05) is 42.5 Å². The summed E-state index contributed by atoms with van der Waals surface area (Å²) in [6.07, 6.45) is -3.15. The molecule has 0 aromatic carbocycles. The molecule has 0 aliphatic carbocycles. The molecule has 3 saturated heterocycles. The van der Waals surface area contributed by atoms with Crippen LogP contribution >= 0.6 is 0 Å². The Bertz CT molecular complexity index is 488. The molecular weight excluding hydrogens is 285 g/mol. The average molecular weight is 293 g/mol. The van der Waals surface area contributed by atoms with Gasteiger partial charge in [-0.15, -0.1) is 4.28 Å². The molecule has 7 nitrogen and oxygen atoms in total. The predicted molar refractivity (Wildman–Crippen MR) is 52.5 cm³/mol. The number of nitrogens with zero attached hydrogens (tertiary/aromatic N) is 2. The van der Waals surface area contributed by atoms with Gasteiger partial charge in [-0.2, -0.15) is 13.5 Å². The van der Waals surface area contributed by atoms with E-state index in [0.717, 1.165) is 4.90 Å². The summed E-state index contributed by atoms with van der Waals surface area (Å²) in [6.45, 7) is -0.0152. The molecule has 3 fully saturated rings. The fourth-order valence-electron chi connectivity index (χ4n) is 2.40. The average Bonchev–Trinajstić information content (AvgIpc) is 2.40. The minimum atomic E-state index is -4.63. The number of carbonyl (C=O) groups is 1. The Morgan fingerprint density at radius 3 is 2.72 bits per heavy atom. The Morgan fingerprint density at radius 1 is 1.44 bits per heavy atom. The number of carbonyl (C=O) groups excluding carboxylic acids is 1. The zero-order valence-electron chi connectivity index (χ0n) is 9.38. The van der Waals surface area contributed by atoms with Crippen molar-refractivity contribution in [2.75, 3.05) is 6.54 Å². The molecule has 3 heterocycles. The van der Waals surface area contributed by atoms with Crippen LogP contribution in [0.15, 0.2) is 0 Å². The van der Waals surface area contributed by atoms with Crippen LogP contribution in [0.5, 0.6) is 0 Å². The van der Waals surface area contributed by atoms with Gasteiger partial charge in [0.25, 0.3) is 6.43 Å². The smallest absolute Gasteiger partial charge is 0.286 e. The van der Waals surface area contributed by atoms with Crippen LogP contribution in [0.3, 0.4) is 0 Å². The van der Waals surface area contributed by atoms with Crippen molar-refractivity contribution in [3.63, 3.8) is 0 Å². The molecule has 18 heavy (non-hydrogen) atoms. The van der Waals surface area contributed by atoms with Crippen LogP contribution < -0.4 is 0 Å². The minimum Gasteiger partial charge on any atom is -0.286 e. The summed E-state index contributed by atoms with van der Waals surface area (Å²) in [6, 6.07) is -1.41. The van der Waals surface area contributed by atoms with E-state index in [4.69, 9.17) is 0 Å². The Labute approximate surface area is 124 Å². The Kier molecular flexibility index (Phi) is 3.40. The third kappa shape index (κ3) is 1.78. The number of halogens is 2. The molecule has 97 valence electrons. The predicted octanol–water partition coefficient (Wildman–Crippen LogP) is -0.326. The normalized spacial score (nSPS) is 36.8. The summed E-state index contributed by atoms with van der Waals surface area (Å²) < 4.78 is 57.6. The maximum absolute atomic E-state index is 13.1. The molecule has 11 heteroatoms. The van der Waals surface area contributed by atoms with Crippen molar-refractivity contribution in [2.24, 2.45) is 0 Å². The quantitative estimate of drug-likeness (QED) is 0.619. The van der Waals surface area contributed by atoms with E-state index in [2.05, 4.69) is 8.47 Å². The standard InChI is InChI=1S/C7H8F2N2O5S.Na/c8-5(9)7-2-1-4-3-10(7)6(12)11(4)16-17(13,14)15-7;/h4-5H,1-3H2;/t4-,7+;/m1./s1. The van der Waals surface area contributed by atoms with Gasteiger partial charge < -0.3 is 0 Å². The molecule has 3 rings (SSSR count). The molecule has 0 N–H and O–H groups in total. The third-order valence-corrected chi connectivity index (χ3v) is 4.03. The van der Waals surface area contributed by atoms with E-state index in [1.165, 1.54) is 0 Å². The van der Waals surface area contributed by atoms with Crippen molar-refractivity contribution in [1.29, 1.82) is 0 Å². The van der Waals surface area contributed by atoms with Crippen molar-refractivity contribution in [3.8, 4) is 0 Å². The number of piperidine rings is 1. The van der Waals surface area contributed by atoms with Crippen LogP contribution in [-0.4, -0.2) is 78.7 Å². The molecule has 2 amide bonds. The first-order valence-electron chi connectivity index (χ1n) is 4.90. The van der Waals surface area contributed by atoms with Crippen molar-refractivity contribution < 1.29 is 30.5 Å². The summed E-state index contributed by atoms with van der Waals surface area (Å²) in [7, 11) is -4.63. The van der Waals surface area contributed by atoms with E-state index in [1.807, 2.05) is 0 Å². The van der Waals surface area contributed by atoms with Crippen molar-refractivity contribution >= 4 is 46.0 Å². The van der Waals surface area contributed by atoms with Gasteiger partial charge in [0.1, 0.15) is 0 Å². The van der Waals surface area contributed by atoms with Crippen molar-refractivity contribution in [3.05, 3.63) is 0 Å². The topological polar surface area (TPSA) is 76.1 Å². The molecule has 0 aromatic heterocycles. The number of rotatable bonds is 1. The van der Waals surface area contributed by atoms with E-state index in [9.17, 15) is 22.0 Å². The van der Waals surface area contributed by atoms with Gasteiger partial charge in [0.05, 0.1) is 6.04 Å². The molecular formula is C7H8F2N2NaO5S. The molecule has 3 aliphatic heterocycles. The van der Waals surface area contributed by atoms with Crippen molar-refractivity contribution in [1.82, 2.24) is 9.96 Å². The summed E-state index contributed by atoms with van der Waals surface area (Å²) in [4.78, 5) is 12.4. The molecule has 0 spiro atoms. The van der Waals surface area contributed by atoms with Crippen LogP contribution in [0.2, 0.25) is 0 Å². The summed E-state index contributed by atoms with van der Waals surface area (Å²) in [5.74, 6) is 0. The third-order valence-electron chi connectivity index (χ3n) is 3.20. The SMILES string of the molecule is O=C1N2OS(=O)(=O)O[C@]3(C(F)F)CC[C@@H]2CN13.[Na]. The fraction of sp³-hybridized carbons (Fsp3) is 0.857. The van der Waals surface area contributed by atoms with Crippen LogP contribution in [0.4, 0.5) is 13.6 Å². The van der Waals surface area contributed by atoms with Gasteiger partial charge in [-0.25, -0.2) is 17.8 Å². The maximum Gasteiger partial charge on any atom is 0.423 e. The second-order valence-corrected chi connectivity index (χ2v) is 5.26. The van der Waals surface area contributed by atoms with E-state index in [0.29, 0.717) is 5.06 Å². The molecule has 0 unspecified atom stereocenters. The van der Waals surface area contributed by atoms with Crippen LogP contribution in [0, 0.1) is 0 Å². The summed E-state index contributed by atoms with van der Waals surface area (Å²) >= 11 is 0. The maximum atomic E-state index is 13.1. The Morgan fingerprint density at radius 2 is 2.11 bits per heavy atom. The van der Waals surface area contributed by atoms with E-state index < -0.39 is 34.6 Å². The van der Waals surface area contributed by atoms with Crippen LogP contribution in [0.1, 0.15) is 12.8 Å². The molecule has 0 saturated carbocycles. The van der Waals surface area contributed by atoms with Gasteiger partial charge in [-0.05, 0) is 6.42 Å². The second kappa shape index (κ2) is 4.25. The Balaban J connectivity index is 0.00000120. The van der Waals surface area contributed by atoms with Gasteiger partial charge in [0.2, 0.25) is 5.72 Å². The molecule has 0 aromatic rings. The molecule has 2 atom stereocenters. The largest absolute Gasteiger partial charge is 0.423 e. The van der Waals surface area contributed by atoms with Gasteiger partial charge in [0.15, 0.2) is 0 Å². The number of hydrogen-bond donors (Lipinski definition) is 0. The molecule has 3 bridgehead atoms. The monoisotopic (exact) mass is 293 g/mol. The number of hydrogen-bond acceptors (Lipinski definition) is 5. The van der Waals surface area contributed by atoms with Crippen LogP contribution in [0.25, 0.3) is 0 Å². The summed E-state index contributed by atoms with van der Waals surface area (Å²) in [5.41, 5.74) is -2.42. The first-order chi connectivity index (χ1) is 7.86. The molecule has 1 radical (unpaired) electrons. The van der Waals surface area contributed by atoms with Gasteiger partial charge >= 0.3 is 16.4 Å². The zero-order chi connectivity index (χ0) is 12.4. The summed E-state index contributed by atoms with van der Waals surface area (Å²) in [5, 5.41) is 0.604. The number of hydroxylamine groups is 2. The number of fused-ring (bicyclic) bond motifs is 3. The van der Waals surface area contributed by atoms with E-state index in [-0.39, 0.29) is 48.9 Å². The Hall–Kier alpha value is -0.000000000000000222. The van der Waals surface area contributed by atoms with E-state index >= 15 is 0 Å². The first kappa shape index (κ1) is 14.4. The number of alkyl halides is 2.